The van der Waals surface area contributed by atoms with Gasteiger partial charge in [-0.2, -0.15) is 8.78 Å². The van der Waals surface area contributed by atoms with Gasteiger partial charge in [-0.05, 0) is 54.8 Å². The van der Waals surface area contributed by atoms with Crippen LogP contribution in [0.25, 0.3) is 0 Å². The molecule has 1 unspecified atom stereocenters. The van der Waals surface area contributed by atoms with Crippen LogP contribution in [0.5, 0.6) is 17.2 Å². The fourth-order valence-electron chi connectivity index (χ4n) is 3.69. The number of rotatable bonds is 4. The zero-order valence-electron chi connectivity index (χ0n) is 15.3. The Bertz CT molecular complexity index is 841. The van der Waals surface area contributed by atoms with Crippen molar-refractivity contribution < 1.29 is 27.8 Å². The van der Waals surface area contributed by atoms with Gasteiger partial charge in [0.2, 0.25) is 0 Å². The molecule has 5 nitrogen and oxygen atoms in total. The highest BCUT2D eigenvalue weighted by Crippen LogP contribution is 2.38. The minimum absolute atomic E-state index is 0.0347. The lowest BCUT2D eigenvalue weighted by molar-refractivity contribution is -0.0498. The average Bonchev–Trinajstić information content (AvgIpc) is 3.06. The molecule has 2 aromatic rings. The number of fused-ring (bicyclic) bond motifs is 1. The lowest BCUT2D eigenvalue weighted by Gasteiger charge is -2.26. The number of ether oxygens (including phenoxy) is 3. The largest absolute Gasteiger partial charge is 0.490 e. The number of hydrogen-bond acceptors (Lipinski definition) is 4. The number of amides is 1. The van der Waals surface area contributed by atoms with E-state index in [0.29, 0.717) is 31.1 Å². The van der Waals surface area contributed by atoms with Crippen LogP contribution in [0.1, 0.15) is 41.2 Å². The molecule has 2 heterocycles. The van der Waals surface area contributed by atoms with Gasteiger partial charge in [0, 0.05) is 18.5 Å². The first-order chi connectivity index (χ1) is 13.6. The normalized spacial score (nSPS) is 18.8. The Hall–Kier alpha value is -2.83. The molecule has 148 valence electrons. The minimum Gasteiger partial charge on any atom is -0.490 e. The Balaban J connectivity index is 1.53. The van der Waals surface area contributed by atoms with E-state index in [4.69, 9.17) is 9.47 Å². The van der Waals surface area contributed by atoms with Gasteiger partial charge in [0.25, 0.3) is 5.91 Å². The zero-order chi connectivity index (χ0) is 19.5. The summed E-state index contributed by atoms with van der Waals surface area (Å²) < 4.78 is 40.4. The van der Waals surface area contributed by atoms with Gasteiger partial charge in [-0.3, -0.25) is 4.79 Å². The molecule has 1 atom stereocenters. The number of benzene rings is 2. The van der Waals surface area contributed by atoms with E-state index < -0.39 is 6.61 Å². The molecular weight excluding hydrogens is 368 g/mol. The summed E-state index contributed by atoms with van der Waals surface area (Å²) in [6, 6.07) is 11.6. The van der Waals surface area contributed by atoms with Gasteiger partial charge in [-0.15, -0.1) is 0 Å². The SMILES string of the molecule is O=C(c1ccc(OC(F)F)cc1)N1CCCC1c1ccc2c(c1)OCCCO2. The molecule has 7 heteroatoms. The molecule has 0 aromatic heterocycles. The maximum atomic E-state index is 13.0. The Morgan fingerprint density at radius 3 is 2.54 bits per heavy atom. The molecule has 0 bridgehead atoms. The Morgan fingerprint density at radius 1 is 1.04 bits per heavy atom. The van der Waals surface area contributed by atoms with Crippen molar-refractivity contribution in [2.45, 2.75) is 31.9 Å². The van der Waals surface area contributed by atoms with E-state index in [9.17, 15) is 13.6 Å². The first-order valence-electron chi connectivity index (χ1n) is 9.37. The summed E-state index contributed by atoms with van der Waals surface area (Å²) in [6.45, 7) is -1.00. The molecule has 2 aromatic carbocycles. The standard InChI is InChI=1S/C21H21F2NO4/c22-21(23)28-16-7-4-14(5-8-16)20(25)24-10-1-3-17(24)15-6-9-18-19(13-15)27-12-2-11-26-18/h4-9,13,17,21H,1-3,10-12H2. The van der Waals surface area contributed by atoms with Crippen molar-refractivity contribution in [3.05, 3.63) is 53.6 Å². The van der Waals surface area contributed by atoms with Crippen LogP contribution in [0.3, 0.4) is 0 Å². The topological polar surface area (TPSA) is 48.0 Å². The van der Waals surface area contributed by atoms with Crippen molar-refractivity contribution in [3.63, 3.8) is 0 Å². The van der Waals surface area contributed by atoms with Crippen LogP contribution in [0, 0.1) is 0 Å². The molecule has 2 aliphatic heterocycles. The van der Waals surface area contributed by atoms with Gasteiger partial charge in [-0.1, -0.05) is 6.07 Å². The summed E-state index contributed by atoms with van der Waals surface area (Å²) in [5.74, 6) is 1.35. The maximum Gasteiger partial charge on any atom is 0.387 e. The van der Waals surface area contributed by atoms with E-state index in [-0.39, 0.29) is 17.7 Å². The van der Waals surface area contributed by atoms with Crippen LogP contribution in [-0.2, 0) is 0 Å². The number of halogens is 2. The zero-order valence-corrected chi connectivity index (χ0v) is 15.3. The highest BCUT2D eigenvalue weighted by molar-refractivity contribution is 5.94. The fraction of sp³-hybridized carbons (Fsp3) is 0.381. The molecule has 1 fully saturated rings. The first-order valence-corrected chi connectivity index (χ1v) is 9.37. The highest BCUT2D eigenvalue weighted by atomic mass is 19.3. The Morgan fingerprint density at radius 2 is 1.79 bits per heavy atom. The predicted octanol–water partition coefficient (Wildman–Crippen LogP) is 4.43. The molecule has 2 aliphatic rings. The molecular formula is C21H21F2NO4. The van der Waals surface area contributed by atoms with Crippen molar-refractivity contribution in [1.82, 2.24) is 4.90 Å². The third kappa shape index (κ3) is 3.88. The number of carbonyl (C=O) groups is 1. The summed E-state index contributed by atoms with van der Waals surface area (Å²) >= 11 is 0. The Kier molecular flexibility index (Phi) is 5.32. The van der Waals surface area contributed by atoms with Gasteiger partial charge in [0.1, 0.15) is 5.75 Å². The lowest BCUT2D eigenvalue weighted by atomic mass is 10.0. The van der Waals surface area contributed by atoms with E-state index in [1.165, 1.54) is 24.3 Å². The second-order valence-corrected chi connectivity index (χ2v) is 6.82. The summed E-state index contributed by atoms with van der Waals surface area (Å²) in [5, 5.41) is 0. The second-order valence-electron chi connectivity index (χ2n) is 6.82. The molecule has 0 saturated carbocycles. The predicted molar refractivity (Wildman–Crippen MR) is 98.1 cm³/mol. The summed E-state index contributed by atoms with van der Waals surface area (Å²) in [6.07, 6.45) is 2.60. The monoisotopic (exact) mass is 389 g/mol. The molecule has 1 saturated heterocycles. The molecule has 4 rings (SSSR count). The van der Waals surface area contributed by atoms with Crippen LogP contribution >= 0.6 is 0 Å². The smallest absolute Gasteiger partial charge is 0.387 e. The van der Waals surface area contributed by atoms with Crippen molar-refractivity contribution in [2.75, 3.05) is 19.8 Å². The molecule has 0 aliphatic carbocycles. The average molecular weight is 389 g/mol. The molecule has 28 heavy (non-hydrogen) atoms. The first kappa shape index (κ1) is 18.5. The molecule has 0 spiro atoms. The number of alkyl halides is 2. The van der Waals surface area contributed by atoms with E-state index in [2.05, 4.69) is 4.74 Å². The van der Waals surface area contributed by atoms with Gasteiger partial charge in [0.05, 0.1) is 19.3 Å². The summed E-state index contributed by atoms with van der Waals surface area (Å²) in [7, 11) is 0. The molecule has 0 N–H and O–H groups in total. The van der Waals surface area contributed by atoms with Crippen molar-refractivity contribution in [3.8, 4) is 17.2 Å². The second kappa shape index (κ2) is 8.04. The number of likely N-dealkylation sites (tertiary alicyclic amines) is 1. The third-order valence-corrected chi connectivity index (χ3v) is 5.00. The minimum atomic E-state index is -2.89. The van der Waals surface area contributed by atoms with E-state index in [0.717, 1.165) is 30.6 Å². The molecule has 1 amide bonds. The lowest BCUT2D eigenvalue weighted by Crippen LogP contribution is -2.30. The quantitative estimate of drug-likeness (QED) is 0.776. The fourth-order valence-corrected chi connectivity index (χ4v) is 3.69. The van der Waals surface area contributed by atoms with Crippen molar-refractivity contribution >= 4 is 5.91 Å². The number of hydrogen-bond donors (Lipinski definition) is 0. The van der Waals surface area contributed by atoms with Crippen LogP contribution < -0.4 is 14.2 Å². The van der Waals surface area contributed by atoms with Crippen LogP contribution in [-0.4, -0.2) is 37.2 Å². The van der Waals surface area contributed by atoms with E-state index >= 15 is 0 Å². The highest BCUT2D eigenvalue weighted by Gasteiger charge is 2.31. The van der Waals surface area contributed by atoms with Crippen LogP contribution in [0.4, 0.5) is 8.78 Å². The summed E-state index contributed by atoms with van der Waals surface area (Å²) in [4.78, 5) is 14.8. The van der Waals surface area contributed by atoms with Gasteiger partial charge in [0.15, 0.2) is 11.5 Å². The molecule has 0 radical (unpaired) electrons. The van der Waals surface area contributed by atoms with Crippen LogP contribution in [0.15, 0.2) is 42.5 Å². The summed E-state index contributed by atoms with van der Waals surface area (Å²) in [5.41, 5.74) is 1.45. The van der Waals surface area contributed by atoms with Crippen molar-refractivity contribution in [2.24, 2.45) is 0 Å². The van der Waals surface area contributed by atoms with Gasteiger partial charge in [-0.25, -0.2) is 0 Å². The van der Waals surface area contributed by atoms with E-state index in [1.807, 2.05) is 23.1 Å². The van der Waals surface area contributed by atoms with Gasteiger partial charge < -0.3 is 19.1 Å². The van der Waals surface area contributed by atoms with Crippen LogP contribution in [0.2, 0.25) is 0 Å². The maximum absolute atomic E-state index is 13.0. The number of nitrogens with zero attached hydrogens (tertiary/aromatic N) is 1. The Labute approximate surface area is 161 Å². The third-order valence-electron chi connectivity index (χ3n) is 5.00. The van der Waals surface area contributed by atoms with Crippen molar-refractivity contribution in [1.29, 1.82) is 0 Å². The number of carbonyl (C=O) groups excluding carboxylic acids is 1. The van der Waals surface area contributed by atoms with Gasteiger partial charge >= 0.3 is 6.61 Å². The van der Waals surface area contributed by atoms with E-state index in [1.54, 1.807) is 0 Å².